The molecule has 1 fully saturated rings. The summed E-state index contributed by atoms with van der Waals surface area (Å²) in [5.74, 6) is 0. The first-order valence-corrected chi connectivity index (χ1v) is 7.23. The molecule has 3 heteroatoms. The number of hydrogen-bond donors (Lipinski definition) is 1. The van der Waals surface area contributed by atoms with Gasteiger partial charge in [0, 0.05) is 38.0 Å². The smallest absolute Gasteiger partial charge is 0.0485 e. The third-order valence-corrected chi connectivity index (χ3v) is 3.90. The van der Waals surface area contributed by atoms with E-state index in [9.17, 15) is 0 Å². The normalized spacial score (nSPS) is 18.3. The fraction of sp³-hybridized carbons (Fsp3) is 0.625. The van der Waals surface area contributed by atoms with Gasteiger partial charge in [0.05, 0.1) is 0 Å². The fourth-order valence-corrected chi connectivity index (χ4v) is 2.84. The summed E-state index contributed by atoms with van der Waals surface area (Å²) in [6, 6.07) is 7.49. The maximum atomic E-state index is 5.98. The molecule has 0 amide bonds. The quantitative estimate of drug-likeness (QED) is 0.906. The minimum absolute atomic E-state index is 0.198. The lowest BCUT2D eigenvalue weighted by atomic mass is 10.00. The van der Waals surface area contributed by atoms with Crippen molar-refractivity contribution in [3.63, 3.8) is 0 Å². The Kier molecular flexibility index (Phi) is 4.83. The summed E-state index contributed by atoms with van der Waals surface area (Å²) in [6.07, 6.45) is 3.16. The van der Waals surface area contributed by atoms with Crippen molar-refractivity contribution in [2.45, 2.75) is 45.2 Å². The highest BCUT2D eigenvalue weighted by Gasteiger charge is 2.20. The molecule has 0 radical (unpaired) electrons. The van der Waals surface area contributed by atoms with E-state index < -0.39 is 0 Å². The van der Waals surface area contributed by atoms with E-state index in [1.54, 1.807) is 0 Å². The topological polar surface area (TPSA) is 38.5 Å². The van der Waals surface area contributed by atoms with Gasteiger partial charge in [-0.15, -0.1) is 0 Å². The van der Waals surface area contributed by atoms with E-state index in [1.165, 1.54) is 16.8 Å². The number of hydrogen-bond acceptors (Lipinski definition) is 3. The standard InChI is InChI=1S/C16H26N2O/c1-12-4-5-16(14(10-12)11-13(2)17)18(3)15-6-8-19-9-7-15/h4-5,10,13,15H,6-9,11,17H2,1-3H3. The average molecular weight is 262 g/mol. The Labute approximate surface area is 116 Å². The molecule has 1 unspecified atom stereocenters. The molecule has 0 saturated carbocycles. The van der Waals surface area contributed by atoms with E-state index in [0.717, 1.165) is 32.5 Å². The van der Waals surface area contributed by atoms with Crippen LogP contribution in [0.5, 0.6) is 0 Å². The van der Waals surface area contributed by atoms with Gasteiger partial charge in [-0.1, -0.05) is 17.7 Å². The van der Waals surface area contributed by atoms with Crippen LogP contribution in [0.25, 0.3) is 0 Å². The molecule has 1 heterocycles. The second-order valence-corrected chi connectivity index (χ2v) is 5.77. The largest absolute Gasteiger partial charge is 0.381 e. The zero-order valence-electron chi connectivity index (χ0n) is 12.4. The van der Waals surface area contributed by atoms with Crippen molar-refractivity contribution in [3.05, 3.63) is 29.3 Å². The summed E-state index contributed by atoms with van der Waals surface area (Å²) in [7, 11) is 2.20. The highest BCUT2D eigenvalue weighted by atomic mass is 16.5. The Morgan fingerprint density at radius 3 is 2.68 bits per heavy atom. The van der Waals surface area contributed by atoms with Gasteiger partial charge < -0.3 is 15.4 Å². The van der Waals surface area contributed by atoms with E-state index >= 15 is 0 Å². The lowest BCUT2D eigenvalue weighted by Crippen LogP contribution is -2.37. The minimum atomic E-state index is 0.198. The van der Waals surface area contributed by atoms with Crippen LogP contribution in [0.15, 0.2) is 18.2 Å². The van der Waals surface area contributed by atoms with E-state index in [2.05, 4.69) is 44.0 Å². The first-order valence-electron chi connectivity index (χ1n) is 7.23. The molecule has 1 aliphatic heterocycles. The number of nitrogens with two attached hydrogens (primary N) is 1. The van der Waals surface area contributed by atoms with E-state index in [-0.39, 0.29) is 6.04 Å². The van der Waals surface area contributed by atoms with Gasteiger partial charge in [-0.05, 0) is 44.7 Å². The number of benzene rings is 1. The minimum Gasteiger partial charge on any atom is -0.381 e. The molecular weight excluding hydrogens is 236 g/mol. The Morgan fingerprint density at radius 2 is 2.05 bits per heavy atom. The molecule has 0 bridgehead atoms. The number of ether oxygens (including phenoxy) is 1. The highest BCUT2D eigenvalue weighted by Crippen LogP contribution is 2.26. The number of nitrogens with zero attached hydrogens (tertiary/aromatic N) is 1. The predicted molar refractivity (Wildman–Crippen MR) is 80.8 cm³/mol. The average Bonchev–Trinajstić information content (AvgIpc) is 2.38. The molecule has 1 saturated heterocycles. The first-order chi connectivity index (χ1) is 9.08. The Bertz CT molecular complexity index is 411. The summed E-state index contributed by atoms with van der Waals surface area (Å²) in [4.78, 5) is 2.42. The maximum absolute atomic E-state index is 5.98. The monoisotopic (exact) mass is 262 g/mol. The zero-order valence-corrected chi connectivity index (χ0v) is 12.4. The van der Waals surface area contributed by atoms with Gasteiger partial charge in [-0.2, -0.15) is 0 Å². The summed E-state index contributed by atoms with van der Waals surface area (Å²) in [5.41, 5.74) is 9.98. The Balaban J connectivity index is 2.21. The Hall–Kier alpha value is -1.06. The zero-order chi connectivity index (χ0) is 13.8. The van der Waals surface area contributed by atoms with Crippen molar-refractivity contribution in [1.82, 2.24) is 0 Å². The molecule has 2 N–H and O–H groups in total. The summed E-state index contributed by atoms with van der Waals surface area (Å²) < 4.78 is 5.45. The van der Waals surface area contributed by atoms with E-state index in [4.69, 9.17) is 10.5 Å². The maximum Gasteiger partial charge on any atom is 0.0485 e. The molecule has 1 atom stereocenters. The molecule has 0 spiro atoms. The number of aryl methyl sites for hydroxylation is 1. The van der Waals surface area contributed by atoms with Gasteiger partial charge in [-0.25, -0.2) is 0 Å². The van der Waals surface area contributed by atoms with Gasteiger partial charge in [0.1, 0.15) is 0 Å². The van der Waals surface area contributed by atoms with Crippen LogP contribution in [0.2, 0.25) is 0 Å². The van der Waals surface area contributed by atoms with Gasteiger partial charge in [0.15, 0.2) is 0 Å². The summed E-state index contributed by atoms with van der Waals surface area (Å²) in [6.45, 7) is 5.97. The molecule has 1 aromatic rings. The van der Waals surface area contributed by atoms with E-state index in [0.29, 0.717) is 6.04 Å². The lowest BCUT2D eigenvalue weighted by molar-refractivity contribution is 0.0854. The summed E-state index contributed by atoms with van der Waals surface area (Å²) >= 11 is 0. The first kappa shape index (κ1) is 14.4. The van der Waals surface area contributed by atoms with Gasteiger partial charge in [-0.3, -0.25) is 0 Å². The van der Waals surface area contributed by atoms with Gasteiger partial charge in [0.25, 0.3) is 0 Å². The van der Waals surface area contributed by atoms with Gasteiger partial charge >= 0.3 is 0 Å². The molecule has 0 aromatic heterocycles. The van der Waals surface area contributed by atoms with Crippen molar-refractivity contribution in [3.8, 4) is 0 Å². The number of anilines is 1. The predicted octanol–water partition coefficient (Wildman–Crippen LogP) is 2.50. The van der Waals surface area contributed by atoms with Crippen LogP contribution in [0.4, 0.5) is 5.69 Å². The molecule has 106 valence electrons. The second kappa shape index (κ2) is 6.40. The SMILES string of the molecule is Cc1ccc(N(C)C2CCOCC2)c(CC(C)N)c1. The molecule has 1 aliphatic rings. The van der Waals surface area contributed by atoms with Crippen LogP contribution in [-0.2, 0) is 11.2 Å². The van der Waals surface area contributed by atoms with Crippen molar-refractivity contribution in [2.75, 3.05) is 25.2 Å². The molecule has 3 nitrogen and oxygen atoms in total. The van der Waals surface area contributed by atoms with Crippen molar-refractivity contribution < 1.29 is 4.74 Å². The van der Waals surface area contributed by atoms with Crippen LogP contribution >= 0.6 is 0 Å². The number of rotatable bonds is 4. The van der Waals surface area contributed by atoms with Crippen molar-refractivity contribution >= 4 is 5.69 Å². The molecule has 2 rings (SSSR count). The van der Waals surface area contributed by atoms with Crippen LogP contribution in [0.1, 0.15) is 30.9 Å². The molecule has 1 aromatic carbocycles. The van der Waals surface area contributed by atoms with Crippen molar-refractivity contribution in [2.24, 2.45) is 5.73 Å². The van der Waals surface area contributed by atoms with Gasteiger partial charge in [0.2, 0.25) is 0 Å². The molecule has 0 aliphatic carbocycles. The summed E-state index contributed by atoms with van der Waals surface area (Å²) in [5, 5.41) is 0. The molecule has 19 heavy (non-hydrogen) atoms. The Morgan fingerprint density at radius 1 is 1.37 bits per heavy atom. The van der Waals surface area contributed by atoms with Crippen LogP contribution in [0, 0.1) is 6.92 Å². The molecular formula is C16H26N2O. The third kappa shape index (κ3) is 3.71. The van der Waals surface area contributed by atoms with E-state index in [1.807, 2.05) is 0 Å². The van der Waals surface area contributed by atoms with Crippen LogP contribution < -0.4 is 10.6 Å². The third-order valence-electron chi connectivity index (χ3n) is 3.90. The highest BCUT2D eigenvalue weighted by molar-refractivity contribution is 5.55. The fourth-order valence-electron chi connectivity index (χ4n) is 2.84. The van der Waals surface area contributed by atoms with Crippen molar-refractivity contribution in [1.29, 1.82) is 0 Å². The second-order valence-electron chi connectivity index (χ2n) is 5.77. The van der Waals surface area contributed by atoms with Crippen LogP contribution in [0.3, 0.4) is 0 Å². The van der Waals surface area contributed by atoms with Crippen LogP contribution in [-0.4, -0.2) is 32.3 Å². The lowest BCUT2D eigenvalue weighted by Gasteiger charge is -2.34.